The normalized spacial score (nSPS) is 11.1. The Morgan fingerprint density at radius 1 is 1.25 bits per heavy atom. The lowest BCUT2D eigenvalue weighted by atomic mass is 10.2. The van der Waals surface area contributed by atoms with Gasteiger partial charge in [-0.1, -0.05) is 27.5 Å². The Morgan fingerprint density at radius 3 is 2.25 bits per heavy atom. The number of carbonyl (C=O) groups excluding carboxylic acids is 2. The summed E-state index contributed by atoms with van der Waals surface area (Å²) < 4.78 is 5.32. The summed E-state index contributed by atoms with van der Waals surface area (Å²) in [5.74, 6) is -0.120. The van der Waals surface area contributed by atoms with Crippen molar-refractivity contribution < 1.29 is 14.3 Å². The first-order chi connectivity index (χ1) is 9.23. The Bertz CT molecular complexity index is 482. The molecule has 0 atom stereocenters. The Balaban J connectivity index is 2.98. The number of alkyl halides is 1. The first-order valence-corrected chi connectivity index (χ1v) is 7.56. The number of amides is 1. The van der Waals surface area contributed by atoms with Gasteiger partial charge in [0.1, 0.15) is 5.60 Å². The van der Waals surface area contributed by atoms with Crippen LogP contribution in [0.5, 0.6) is 0 Å². The lowest BCUT2D eigenvalue weighted by Crippen LogP contribution is -2.40. The number of carbonyl (C=O) groups is 2. The monoisotopic (exact) mass is 361 g/mol. The molecular weight excluding hydrogens is 346 g/mol. The van der Waals surface area contributed by atoms with Crippen LogP contribution in [0.2, 0.25) is 5.02 Å². The fraction of sp³-hybridized carbons (Fsp3) is 0.429. The lowest BCUT2D eigenvalue weighted by molar-refractivity contribution is -0.115. The minimum atomic E-state index is -0.626. The van der Waals surface area contributed by atoms with Gasteiger partial charge in [0.05, 0.1) is 11.9 Å². The number of halogens is 2. The fourth-order valence-electron chi connectivity index (χ4n) is 1.42. The molecule has 1 amide bonds. The van der Waals surface area contributed by atoms with Crippen LogP contribution in [0.3, 0.4) is 0 Å². The van der Waals surface area contributed by atoms with E-state index in [-0.39, 0.29) is 17.7 Å². The van der Waals surface area contributed by atoms with Crippen LogP contribution < -0.4 is 4.90 Å². The first-order valence-electron chi connectivity index (χ1n) is 6.06. The van der Waals surface area contributed by atoms with Gasteiger partial charge in [0, 0.05) is 10.7 Å². The van der Waals surface area contributed by atoms with E-state index in [0.717, 1.165) is 0 Å². The number of ketones is 1. The van der Waals surface area contributed by atoms with Crippen molar-refractivity contribution in [3.05, 3.63) is 29.3 Å². The molecule has 0 unspecified atom stereocenters. The van der Waals surface area contributed by atoms with E-state index in [1.807, 2.05) is 0 Å². The van der Waals surface area contributed by atoms with Gasteiger partial charge < -0.3 is 4.74 Å². The highest BCUT2D eigenvalue weighted by molar-refractivity contribution is 9.09. The van der Waals surface area contributed by atoms with Gasteiger partial charge in [-0.25, -0.2) is 4.79 Å². The van der Waals surface area contributed by atoms with Gasteiger partial charge in [-0.2, -0.15) is 0 Å². The minimum Gasteiger partial charge on any atom is -0.443 e. The number of benzene rings is 1. The van der Waals surface area contributed by atoms with Crippen LogP contribution in [-0.4, -0.2) is 29.4 Å². The van der Waals surface area contributed by atoms with Gasteiger partial charge in [0.25, 0.3) is 0 Å². The summed E-state index contributed by atoms with van der Waals surface area (Å²) >= 11 is 8.91. The number of hydrogen-bond donors (Lipinski definition) is 0. The van der Waals surface area contributed by atoms with Crippen molar-refractivity contribution in [3.8, 4) is 0 Å². The first kappa shape index (κ1) is 17.0. The van der Waals surface area contributed by atoms with Crippen LogP contribution in [0.15, 0.2) is 24.3 Å². The predicted octanol–water partition coefficient (Wildman–Crippen LogP) is 4.05. The van der Waals surface area contributed by atoms with E-state index in [0.29, 0.717) is 10.7 Å². The second kappa shape index (κ2) is 7.09. The Morgan fingerprint density at radius 2 is 1.80 bits per heavy atom. The molecule has 4 nitrogen and oxygen atoms in total. The van der Waals surface area contributed by atoms with Crippen LogP contribution in [-0.2, 0) is 9.53 Å². The van der Waals surface area contributed by atoms with Gasteiger partial charge in [0.2, 0.25) is 0 Å². The van der Waals surface area contributed by atoms with Gasteiger partial charge in [-0.15, -0.1) is 0 Å². The molecule has 0 saturated carbocycles. The topological polar surface area (TPSA) is 46.6 Å². The summed E-state index contributed by atoms with van der Waals surface area (Å²) in [4.78, 5) is 25.1. The number of rotatable bonds is 4. The van der Waals surface area contributed by atoms with Crippen LogP contribution in [0, 0.1) is 0 Å². The van der Waals surface area contributed by atoms with E-state index in [1.165, 1.54) is 4.90 Å². The lowest BCUT2D eigenvalue weighted by Gasteiger charge is -2.27. The number of ether oxygens (including phenoxy) is 1. The quantitative estimate of drug-likeness (QED) is 0.759. The minimum absolute atomic E-state index is 0.0538. The Hall–Kier alpha value is -1.07. The summed E-state index contributed by atoms with van der Waals surface area (Å²) in [5, 5.41) is 0.740. The van der Waals surface area contributed by atoms with Crippen molar-refractivity contribution in [1.29, 1.82) is 0 Å². The molecule has 0 saturated heterocycles. The Labute approximate surface area is 132 Å². The molecule has 0 N–H and O–H groups in total. The van der Waals surface area contributed by atoms with E-state index in [1.54, 1.807) is 45.0 Å². The van der Waals surface area contributed by atoms with Crippen molar-refractivity contribution >= 4 is 45.1 Å². The van der Waals surface area contributed by atoms with E-state index in [2.05, 4.69) is 15.9 Å². The van der Waals surface area contributed by atoms with E-state index < -0.39 is 11.7 Å². The smallest absolute Gasteiger partial charge is 0.415 e. The molecule has 0 radical (unpaired) electrons. The largest absolute Gasteiger partial charge is 0.443 e. The molecule has 0 aliphatic heterocycles. The highest BCUT2D eigenvalue weighted by Crippen LogP contribution is 2.20. The van der Waals surface area contributed by atoms with Gasteiger partial charge in [0.15, 0.2) is 5.78 Å². The maximum absolute atomic E-state index is 12.2. The third-order valence-corrected chi connectivity index (χ3v) is 3.11. The predicted molar refractivity (Wildman–Crippen MR) is 83.8 cm³/mol. The van der Waals surface area contributed by atoms with Crippen molar-refractivity contribution in [2.45, 2.75) is 26.4 Å². The van der Waals surface area contributed by atoms with E-state index in [9.17, 15) is 9.59 Å². The molecule has 0 aliphatic rings. The van der Waals surface area contributed by atoms with Gasteiger partial charge in [-0.3, -0.25) is 9.69 Å². The molecule has 0 fully saturated rings. The van der Waals surface area contributed by atoms with Crippen molar-refractivity contribution in [2.24, 2.45) is 0 Å². The highest BCUT2D eigenvalue weighted by atomic mass is 79.9. The number of hydrogen-bond acceptors (Lipinski definition) is 3. The molecule has 0 aliphatic carbocycles. The molecule has 6 heteroatoms. The second-order valence-electron chi connectivity index (χ2n) is 5.22. The Kier molecular flexibility index (Phi) is 6.02. The molecular formula is C14H17BrClNO3. The molecule has 1 rings (SSSR count). The van der Waals surface area contributed by atoms with Crippen LogP contribution in [0.1, 0.15) is 20.8 Å². The SMILES string of the molecule is CC(C)(C)OC(=O)N(CC(=O)CBr)c1ccc(Cl)cc1. The van der Waals surface area contributed by atoms with Crippen molar-refractivity contribution in [2.75, 3.05) is 16.8 Å². The molecule has 20 heavy (non-hydrogen) atoms. The number of anilines is 1. The molecule has 0 aromatic heterocycles. The summed E-state index contributed by atoms with van der Waals surface area (Å²) in [6.45, 7) is 5.27. The van der Waals surface area contributed by atoms with Crippen molar-refractivity contribution in [1.82, 2.24) is 0 Å². The zero-order valence-electron chi connectivity index (χ0n) is 11.7. The molecule has 0 bridgehead atoms. The summed E-state index contributed by atoms with van der Waals surface area (Å²) in [7, 11) is 0. The van der Waals surface area contributed by atoms with Crippen LogP contribution in [0.25, 0.3) is 0 Å². The van der Waals surface area contributed by atoms with E-state index in [4.69, 9.17) is 16.3 Å². The standard InChI is InChI=1S/C14H17BrClNO3/c1-14(2,3)20-13(19)17(9-12(18)8-15)11-6-4-10(16)5-7-11/h4-7H,8-9H2,1-3H3. The number of nitrogens with zero attached hydrogens (tertiary/aromatic N) is 1. The van der Waals surface area contributed by atoms with Crippen molar-refractivity contribution in [3.63, 3.8) is 0 Å². The second-order valence-corrected chi connectivity index (χ2v) is 6.21. The molecule has 0 heterocycles. The molecule has 110 valence electrons. The summed E-state index contributed by atoms with van der Waals surface area (Å²) in [5.41, 5.74) is -0.0582. The molecule has 0 spiro atoms. The highest BCUT2D eigenvalue weighted by Gasteiger charge is 2.24. The summed E-state index contributed by atoms with van der Waals surface area (Å²) in [6.07, 6.45) is -0.561. The van der Waals surface area contributed by atoms with E-state index >= 15 is 0 Å². The average Bonchev–Trinajstić information content (AvgIpc) is 2.34. The van der Waals surface area contributed by atoms with Gasteiger partial charge in [-0.05, 0) is 45.0 Å². The van der Waals surface area contributed by atoms with Crippen LogP contribution >= 0.6 is 27.5 Å². The maximum atomic E-state index is 12.2. The maximum Gasteiger partial charge on any atom is 0.415 e. The number of Topliss-reactive ketones (excluding diaryl/α,β-unsaturated/α-hetero) is 1. The zero-order chi connectivity index (χ0) is 15.3. The third-order valence-electron chi connectivity index (χ3n) is 2.24. The summed E-state index contributed by atoms with van der Waals surface area (Å²) in [6, 6.07) is 6.67. The van der Waals surface area contributed by atoms with Gasteiger partial charge >= 0.3 is 6.09 Å². The molecule has 1 aromatic rings. The fourth-order valence-corrected chi connectivity index (χ4v) is 1.72. The third kappa shape index (κ3) is 5.51. The molecule has 1 aromatic carbocycles. The average molecular weight is 363 g/mol. The zero-order valence-corrected chi connectivity index (χ0v) is 14.0. The van der Waals surface area contributed by atoms with Crippen LogP contribution in [0.4, 0.5) is 10.5 Å².